The van der Waals surface area contributed by atoms with Crippen LogP contribution in [0.3, 0.4) is 0 Å². The molecule has 1 aromatic carbocycles. The van der Waals surface area contributed by atoms with Crippen molar-refractivity contribution in [3.05, 3.63) is 53.3 Å². The van der Waals surface area contributed by atoms with E-state index < -0.39 is 0 Å². The highest BCUT2D eigenvalue weighted by Crippen LogP contribution is 2.21. The van der Waals surface area contributed by atoms with E-state index in [2.05, 4.69) is 4.98 Å². The molecule has 0 atom stereocenters. The first kappa shape index (κ1) is 12.4. The minimum atomic E-state index is -0.161. The predicted molar refractivity (Wildman–Crippen MR) is 72.8 cm³/mol. The van der Waals surface area contributed by atoms with E-state index in [0.29, 0.717) is 16.3 Å². The van der Waals surface area contributed by atoms with Crippen LogP contribution in [-0.4, -0.2) is 17.9 Å². The van der Waals surface area contributed by atoms with Crippen molar-refractivity contribution in [1.82, 2.24) is 4.98 Å². The van der Waals surface area contributed by atoms with Crippen molar-refractivity contribution < 1.29 is 4.79 Å². The summed E-state index contributed by atoms with van der Waals surface area (Å²) < 4.78 is 0. The number of nitrogens with two attached hydrogens (primary N) is 1. The summed E-state index contributed by atoms with van der Waals surface area (Å²) in [4.78, 5) is 17.7. The largest absolute Gasteiger partial charge is 0.398 e. The number of benzene rings is 1. The Morgan fingerprint density at radius 3 is 2.78 bits per heavy atom. The second kappa shape index (κ2) is 5.06. The minimum absolute atomic E-state index is 0.161. The van der Waals surface area contributed by atoms with E-state index in [1.165, 1.54) is 4.90 Å². The fourth-order valence-corrected chi connectivity index (χ4v) is 1.66. The lowest BCUT2D eigenvalue weighted by Crippen LogP contribution is -2.26. The number of hydrogen-bond donors (Lipinski definition) is 1. The van der Waals surface area contributed by atoms with Gasteiger partial charge in [-0.05, 0) is 30.3 Å². The van der Waals surface area contributed by atoms with E-state index in [1.54, 1.807) is 43.7 Å². The number of carbonyl (C=O) groups excluding carboxylic acids is 1. The van der Waals surface area contributed by atoms with Crippen molar-refractivity contribution >= 4 is 28.9 Å². The van der Waals surface area contributed by atoms with Crippen LogP contribution in [0.4, 0.5) is 11.4 Å². The zero-order valence-corrected chi connectivity index (χ0v) is 10.6. The van der Waals surface area contributed by atoms with Crippen molar-refractivity contribution in [3.8, 4) is 0 Å². The third-order valence-electron chi connectivity index (χ3n) is 2.58. The lowest BCUT2D eigenvalue weighted by Gasteiger charge is -2.17. The van der Waals surface area contributed by atoms with Crippen LogP contribution in [0, 0.1) is 0 Å². The Hall–Kier alpha value is -2.07. The van der Waals surface area contributed by atoms with E-state index in [1.807, 2.05) is 6.07 Å². The first-order valence-corrected chi connectivity index (χ1v) is 5.70. The van der Waals surface area contributed by atoms with E-state index in [-0.39, 0.29) is 5.91 Å². The fourth-order valence-electron chi connectivity index (χ4n) is 1.54. The van der Waals surface area contributed by atoms with Gasteiger partial charge in [-0.3, -0.25) is 9.78 Å². The van der Waals surface area contributed by atoms with Crippen molar-refractivity contribution in [2.75, 3.05) is 17.7 Å². The van der Waals surface area contributed by atoms with Crippen LogP contribution < -0.4 is 10.6 Å². The Kier molecular flexibility index (Phi) is 3.48. The van der Waals surface area contributed by atoms with Gasteiger partial charge in [0, 0.05) is 18.8 Å². The van der Waals surface area contributed by atoms with Gasteiger partial charge in [0.25, 0.3) is 5.91 Å². The molecule has 92 valence electrons. The number of aromatic nitrogens is 1. The molecule has 0 radical (unpaired) electrons. The molecule has 1 aromatic heterocycles. The summed E-state index contributed by atoms with van der Waals surface area (Å²) in [6, 6.07) is 8.41. The number of hydrogen-bond acceptors (Lipinski definition) is 3. The molecule has 0 aliphatic heterocycles. The Morgan fingerprint density at radius 2 is 2.17 bits per heavy atom. The molecule has 4 nitrogen and oxygen atoms in total. The van der Waals surface area contributed by atoms with Gasteiger partial charge in [-0.25, -0.2) is 0 Å². The summed E-state index contributed by atoms with van der Waals surface area (Å²) in [5.74, 6) is -0.161. The Balaban J connectivity index is 2.29. The van der Waals surface area contributed by atoms with Crippen LogP contribution in [0.5, 0.6) is 0 Å². The van der Waals surface area contributed by atoms with Crippen molar-refractivity contribution in [2.45, 2.75) is 0 Å². The number of amides is 1. The number of anilines is 2. The topological polar surface area (TPSA) is 59.2 Å². The van der Waals surface area contributed by atoms with Gasteiger partial charge in [0.1, 0.15) is 0 Å². The van der Waals surface area contributed by atoms with Crippen LogP contribution in [0.15, 0.2) is 42.7 Å². The molecule has 0 bridgehead atoms. The first-order valence-electron chi connectivity index (χ1n) is 5.32. The summed E-state index contributed by atoms with van der Waals surface area (Å²) in [7, 11) is 1.68. The van der Waals surface area contributed by atoms with Crippen molar-refractivity contribution in [2.24, 2.45) is 0 Å². The van der Waals surface area contributed by atoms with E-state index in [4.69, 9.17) is 17.3 Å². The van der Waals surface area contributed by atoms with Gasteiger partial charge in [-0.1, -0.05) is 11.6 Å². The molecule has 0 unspecified atom stereocenters. The Morgan fingerprint density at radius 1 is 1.39 bits per heavy atom. The Labute approximate surface area is 110 Å². The van der Waals surface area contributed by atoms with Gasteiger partial charge >= 0.3 is 0 Å². The monoisotopic (exact) mass is 261 g/mol. The van der Waals surface area contributed by atoms with Gasteiger partial charge < -0.3 is 10.6 Å². The normalized spacial score (nSPS) is 10.1. The van der Waals surface area contributed by atoms with Crippen LogP contribution in [0.25, 0.3) is 0 Å². The molecule has 5 heteroatoms. The molecular formula is C13H12ClN3O. The minimum Gasteiger partial charge on any atom is -0.398 e. The second-order valence-corrected chi connectivity index (χ2v) is 4.22. The molecule has 1 heterocycles. The van der Waals surface area contributed by atoms with E-state index in [9.17, 15) is 4.79 Å². The zero-order valence-electron chi connectivity index (χ0n) is 9.80. The zero-order chi connectivity index (χ0) is 13.1. The van der Waals surface area contributed by atoms with Gasteiger partial charge in [-0.15, -0.1) is 0 Å². The quantitative estimate of drug-likeness (QED) is 0.846. The third kappa shape index (κ3) is 2.43. The summed E-state index contributed by atoms with van der Waals surface area (Å²) >= 11 is 5.82. The predicted octanol–water partition coefficient (Wildman–Crippen LogP) is 2.59. The molecule has 0 spiro atoms. The number of nitrogens with zero attached hydrogens (tertiary/aromatic N) is 2. The number of nitrogen functional groups attached to an aromatic ring is 1. The number of carbonyl (C=O) groups is 1. The molecular weight excluding hydrogens is 250 g/mol. The average molecular weight is 262 g/mol. The smallest absolute Gasteiger partial charge is 0.258 e. The maximum absolute atomic E-state index is 12.2. The molecule has 2 rings (SSSR count). The maximum Gasteiger partial charge on any atom is 0.258 e. The second-order valence-electron chi connectivity index (χ2n) is 3.81. The van der Waals surface area contributed by atoms with Crippen LogP contribution in [-0.2, 0) is 0 Å². The molecule has 2 N–H and O–H groups in total. The molecule has 1 amide bonds. The number of pyridine rings is 1. The lowest BCUT2D eigenvalue weighted by atomic mass is 10.1. The highest BCUT2D eigenvalue weighted by atomic mass is 35.5. The SMILES string of the molecule is CN(C(=O)c1ccc(Cl)c(N)c1)c1cccnc1. The van der Waals surface area contributed by atoms with Gasteiger partial charge in [-0.2, -0.15) is 0 Å². The van der Waals surface area contributed by atoms with Gasteiger partial charge in [0.2, 0.25) is 0 Å². The highest BCUT2D eigenvalue weighted by Gasteiger charge is 2.14. The van der Waals surface area contributed by atoms with E-state index >= 15 is 0 Å². The van der Waals surface area contributed by atoms with E-state index in [0.717, 1.165) is 5.69 Å². The maximum atomic E-state index is 12.2. The molecule has 0 aliphatic rings. The summed E-state index contributed by atoms with van der Waals surface area (Å²) in [5.41, 5.74) is 7.28. The van der Waals surface area contributed by atoms with Gasteiger partial charge in [0.15, 0.2) is 0 Å². The fraction of sp³-hybridized carbons (Fsp3) is 0.0769. The van der Waals surface area contributed by atoms with Crippen LogP contribution >= 0.6 is 11.6 Å². The molecule has 0 aliphatic carbocycles. The first-order chi connectivity index (χ1) is 8.59. The van der Waals surface area contributed by atoms with Crippen LogP contribution in [0.2, 0.25) is 5.02 Å². The highest BCUT2D eigenvalue weighted by molar-refractivity contribution is 6.33. The van der Waals surface area contributed by atoms with Crippen molar-refractivity contribution in [3.63, 3.8) is 0 Å². The molecule has 0 saturated heterocycles. The number of rotatable bonds is 2. The number of halogens is 1. The molecule has 18 heavy (non-hydrogen) atoms. The lowest BCUT2D eigenvalue weighted by molar-refractivity contribution is 0.0993. The van der Waals surface area contributed by atoms with Crippen LogP contribution in [0.1, 0.15) is 10.4 Å². The molecule has 0 fully saturated rings. The summed E-state index contributed by atoms with van der Waals surface area (Å²) in [6.45, 7) is 0. The summed E-state index contributed by atoms with van der Waals surface area (Å²) in [6.07, 6.45) is 3.28. The summed E-state index contributed by atoms with van der Waals surface area (Å²) in [5, 5.41) is 0.440. The van der Waals surface area contributed by atoms with Crippen molar-refractivity contribution in [1.29, 1.82) is 0 Å². The van der Waals surface area contributed by atoms with Gasteiger partial charge in [0.05, 0.1) is 22.6 Å². The Bertz CT molecular complexity index is 572. The average Bonchev–Trinajstić information content (AvgIpc) is 2.41. The molecule has 2 aromatic rings. The molecule has 0 saturated carbocycles. The third-order valence-corrected chi connectivity index (χ3v) is 2.93. The standard InChI is InChI=1S/C13H12ClN3O/c1-17(10-3-2-6-16-8-10)13(18)9-4-5-11(14)12(15)7-9/h2-8H,15H2,1H3.